The van der Waals surface area contributed by atoms with Crippen LogP contribution in [0.1, 0.15) is 6.92 Å². The number of carbonyl (C=O) groups excluding carboxylic acids is 1. The van der Waals surface area contributed by atoms with Gasteiger partial charge in [-0.3, -0.25) is 4.79 Å². The van der Waals surface area contributed by atoms with Crippen LogP contribution in [0.15, 0.2) is 12.2 Å². The first-order chi connectivity index (χ1) is 6.35. The van der Waals surface area contributed by atoms with Gasteiger partial charge in [-0.2, -0.15) is 0 Å². The van der Waals surface area contributed by atoms with Gasteiger partial charge in [-0.15, -0.1) is 0 Å². The van der Waals surface area contributed by atoms with E-state index in [4.69, 9.17) is 0 Å². The number of nitrogens with one attached hydrogen (secondary N) is 1. The Kier molecular flexibility index (Phi) is 5.42. The topological polar surface area (TPSA) is 49.3 Å². The van der Waals surface area contributed by atoms with Gasteiger partial charge >= 0.3 is 0 Å². The van der Waals surface area contributed by atoms with Crippen molar-refractivity contribution in [1.82, 2.24) is 5.32 Å². The Morgan fingerprint density at radius 1 is 1.50 bits per heavy atom. The van der Waals surface area contributed by atoms with Crippen molar-refractivity contribution in [3.05, 3.63) is 12.2 Å². The first-order valence-electron chi connectivity index (χ1n) is 4.74. The lowest BCUT2D eigenvalue weighted by Gasteiger charge is -2.26. The van der Waals surface area contributed by atoms with Gasteiger partial charge in [0.15, 0.2) is 0 Å². The fraction of sp³-hybridized carbons (Fsp3) is 0.700. The van der Waals surface area contributed by atoms with Gasteiger partial charge in [0.2, 0.25) is 5.91 Å². The summed E-state index contributed by atoms with van der Waals surface area (Å²) in [5.74, 6) is -0.159. The van der Waals surface area contributed by atoms with Crippen molar-refractivity contribution in [3.8, 4) is 0 Å². The highest BCUT2D eigenvalue weighted by atomic mass is 16.3. The number of carbonyl (C=O) groups is 1. The Balaban J connectivity index is 3.74. The fourth-order valence-corrected chi connectivity index (χ4v) is 1.13. The van der Waals surface area contributed by atoms with Crippen LogP contribution in [0, 0.1) is 0 Å². The van der Waals surface area contributed by atoms with Crippen LogP contribution in [0.5, 0.6) is 0 Å². The zero-order chi connectivity index (χ0) is 11.2. The minimum absolute atomic E-state index is 0.159. The number of allylic oxidation sites excluding steroid dienone is 1. The van der Waals surface area contributed by atoms with Gasteiger partial charge in [0.25, 0.3) is 0 Å². The summed E-state index contributed by atoms with van der Waals surface area (Å²) in [4.78, 5) is 11.0. The molecule has 0 saturated heterocycles. The summed E-state index contributed by atoms with van der Waals surface area (Å²) in [6, 6.07) is 0. The van der Waals surface area contributed by atoms with E-state index in [1.165, 1.54) is 6.08 Å². The normalized spacial score (nSPS) is 14.4. The number of hydrogen-bond donors (Lipinski definition) is 2. The third-order valence-electron chi connectivity index (χ3n) is 1.59. The predicted molar refractivity (Wildman–Crippen MR) is 56.7 cm³/mol. The number of likely N-dealkylation sites (N-methyl/N-ethyl adjacent to an activating group) is 1. The molecule has 82 valence electrons. The summed E-state index contributed by atoms with van der Waals surface area (Å²) in [7, 11) is 5.99. The van der Waals surface area contributed by atoms with Gasteiger partial charge in [0, 0.05) is 6.54 Å². The maximum atomic E-state index is 11.0. The molecule has 0 aromatic heterocycles. The van der Waals surface area contributed by atoms with E-state index in [2.05, 4.69) is 5.32 Å². The largest absolute Gasteiger partial charge is 0.385 e. The Hall–Kier alpha value is -0.870. The number of quaternary nitrogens is 1. The van der Waals surface area contributed by atoms with Gasteiger partial charge in [0.05, 0.1) is 21.1 Å². The molecule has 1 atom stereocenters. The summed E-state index contributed by atoms with van der Waals surface area (Å²) in [5.41, 5.74) is 0. The van der Waals surface area contributed by atoms with E-state index in [9.17, 15) is 9.90 Å². The van der Waals surface area contributed by atoms with Crippen LogP contribution in [0.4, 0.5) is 0 Å². The SMILES string of the molecule is CC=CC(=O)NCC(O)C[N+](C)(C)C. The zero-order valence-corrected chi connectivity index (χ0v) is 9.45. The van der Waals surface area contributed by atoms with E-state index < -0.39 is 6.10 Å². The van der Waals surface area contributed by atoms with Crippen LogP contribution >= 0.6 is 0 Å². The summed E-state index contributed by atoms with van der Waals surface area (Å²) < 4.78 is 0.681. The number of aliphatic hydroxyl groups excluding tert-OH is 1. The lowest BCUT2D eigenvalue weighted by atomic mass is 10.3. The standard InChI is InChI=1S/C10H20N2O2/c1-5-6-10(14)11-7-9(13)8-12(2,3)4/h5-6,9,13H,7-8H2,1-4H3/p+1. The highest BCUT2D eigenvalue weighted by molar-refractivity contribution is 5.87. The monoisotopic (exact) mass is 201 g/mol. The molecular weight excluding hydrogens is 180 g/mol. The molecule has 2 N–H and O–H groups in total. The van der Waals surface area contributed by atoms with E-state index in [0.717, 1.165) is 0 Å². The predicted octanol–water partition coefficient (Wildman–Crippen LogP) is -0.254. The first kappa shape index (κ1) is 13.1. The molecule has 0 saturated carbocycles. The molecule has 0 heterocycles. The summed E-state index contributed by atoms with van der Waals surface area (Å²) in [6.07, 6.45) is 2.62. The van der Waals surface area contributed by atoms with Crippen LogP contribution in [-0.2, 0) is 4.79 Å². The second kappa shape index (κ2) is 5.78. The van der Waals surface area contributed by atoms with Gasteiger partial charge in [-0.1, -0.05) is 6.08 Å². The fourth-order valence-electron chi connectivity index (χ4n) is 1.13. The van der Waals surface area contributed by atoms with E-state index >= 15 is 0 Å². The molecular formula is C10H21N2O2+. The molecule has 0 bridgehead atoms. The van der Waals surface area contributed by atoms with Crippen LogP contribution in [0.3, 0.4) is 0 Å². The molecule has 1 amide bonds. The van der Waals surface area contributed by atoms with Gasteiger partial charge in [-0.25, -0.2) is 0 Å². The van der Waals surface area contributed by atoms with Crippen molar-refractivity contribution in [2.24, 2.45) is 0 Å². The second-order valence-corrected chi connectivity index (χ2v) is 4.37. The smallest absolute Gasteiger partial charge is 0.243 e. The Morgan fingerprint density at radius 3 is 2.50 bits per heavy atom. The second-order valence-electron chi connectivity index (χ2n) is 4.37. The van der Waals surface area contributed by atoms with Crippen molar-refractivity contribution in [3.63, 3.8) is 0 Å². The van der Waals surface area contributed by atoms with E-state index in [1.54, 1.807) is 13.0 Å². The maximum absolute atomic E-state index is 11.0. The van der Waals surface area contributed by atoms with Crippen LogP contribution in [-0.4, -0.2) is 55.8 Å². The van der Waals surface area contributed by atoms with Gasteiger partial charge in [-0.05, 0) is 13.0 Å². The van der Waals surface area contributed by atoms with Crippen molar-refractivity contribution in [1.29, 1.82) is 0 Å². The molecule has 0 rings (SSSR count). The van der Waals surface area contributed by atoms with Crippen molar-refractivity contribution in [2.45, 2.75) is 13.0 Å². The summed E-state index contributed by atoms with van der Waals surface area (Å²) in [6.45, 7) is 2.71. The number of aliphatic hydroxyl groups is 1. The molecule has 0 aromatic rings. The molecule has 4 nitrogen and oxygen atoms in total. The van der Waals surface area contributed by atoms with Gasteiger partial charge in [0.1, 0.15) is 12.6 Å². The Morgan fingerprint density at radius 2 is 2.07 bits per heavy atom. The lowest BCUT2D eigenvalue weighted by molar-refractivity contribution is -0.873. The third-order valence-corrected chi connectivity index (χ3v) is 1.59. The van der Waals surface area contributed by atoms with Crippen molar-refractivity contribution in [2.75, 3.05) is 34.2 Å². The molecule has 4 heteroatoms. The highest BCUT2D eigenvalue weighted by Crippen LogP contribution is 1.93. The van der Waals surface area contributed by atoms with E-state index in [1.807, 2.05) is 21.1 Å². The van der Waals surface area contributed by atoms with Crippen LogP contribution in [0.25, 0.3) is 0 Å². The quantitative estimate of drug-likeness (QED) is 0.476. The van der Waals surface area contributed by atoms with E-state index in [-0.39, 0.29) is 5.91 Å². The van der Waals surface area contributed by atoms with Crippen LogP contribution in [0.2, 0.25) is 0 Å². The summed E-state index contributed by atoms with van der Waals surface area (Å²) >= 11 is 0. The van der Waals surface area contributed by atoms with Crippen molar-refractivity contribution < 1.29 is 14.4 Å². The highest BCUT2D eigenvalue weighted by Gasteiger charge is 2.15. The molecule has 0 aliphatic heterocycles. The third kappa shape index (κ3) is 7.76. The molecule has 0 aliphatic carbocycles. The molecule has 0 fully saturated rings. The van der Waals surface area contributed by atoms with E-state index in [0.29, 0.717) is 17.6 Å². The Labute approximate surface area is 85.8 Å². The molecule has 0 spiro atoms. The minimum Gasteiger partial charge on any atom is -0.385 e. The number of rotatable bonds is 5. The molecule has 0 radical (unpaired) electrons. The molecule has 0 aromatic carbocycles. The minimum atomic E-state index is -0.496. The number of hydrogen-bond acceptors (Lipinski definition) is 2. The summed E-state index contributed by atoms with van der Waals surface area (Å²) in [5, 5.41) is 12.2. The van der Waals surface area contributed by atoms with Gasteiger partial charge < -0.3 is 14.9 Å². The maximum Gasteiger partial charge on any atom is 0.243 e. The molecule has 0 aliphatic rings. The molecule has 14 heavy (non-hydrogen) atoms. The molecule has 1 unspecified atom stereocenters. The first-order valence-corrected chi connectivity index (χ1v) is 4.74. The van der Waals surface area contributed by atoms with Crippen molar-refractivity contribution >= 4 is 5.91 Å². The average molecular weight is 201 g/mol. The lowest BCUT2D eigenvalue weighted by Crippen LogP contribution is -2.45. The van der Waals surface area contributed by atoms with Crippen LogP contribution < -0.4 is 5.32 Å². The number of amides is 1. The Bertz CT molecular complexity index is 207. The zero-order valence-electron chi connectivity index (χ0n) is 9.45. The number of nitrogens with zero attached hydrogens (tertiary/aromatic N) is 1. The average Bonchev–Trinajstić information content (AvgIpc) is 1.98.